The van der Waals surface area contributed by atoms with E-state index < -0.39 is 0 Å². The number of halogens is 2. The van der Waals surface area contributed by atoms with Crippen LogP contribution in [-0.2, 0) is 13.1 Å². The summed E-state index contributed by atoms with van der Waals surface area (Å²) >= 11 is 0. The molecule has 1 N–H and O–H groups in total. The molecule has 2 rings (SSSR count). The van der Waals surface area contributed by atoms with Gasteiger partial charge in [0.1, 0.15) is 5.82 Å². The van der Waals surface area contributed by atoms with Crippen LogP contribution < -0.4 is 5.32 Å². The SMILES string of the molecule is Cc1cn2c(n1)CNCCC2.Cl.Cl. The summed E-state index contributed by atoms with van der Waals surface area (Å²) in [7, 11) is 0. The summed E-state index contributed by atoms with van der Waals surface area (Å²) in [4.78, 5) is 4.41. The Morgan fingerprint density at radius 1 is 1.46 bits per heavy atom. The number of aryl methyl sites for hydroxylation is 2. The Hall–Kier alpha value is -0.250. The Balaban J connectivity index is 0.000000720. The van der Waals surface area contributed by atoms with Crippen LogP contribution in [0.5, 0.6) is 0 Å². The molecule has 1 aromatic rings. The van der Waals surface area contributed by atoms with Crippen molar-refractivity contribution in [1.82, 2.24) is 14.9 Å². The van der Waals surface area contributed by atoms with Gasteiger partial charge < -0.3 is 9.88 Å². The van der Waals surface area contributed by atoms with Gasteiger partial charge in [0.25, 0.3) is 0 Å². The fourth-order valence-corrected chi connectivity index (χ4v) is 1.51. The quantitative estimate of drug-likeness (QED) is 0.724. The molecule has 0 aliphatic carbocycles. The van der Waals surface area contributed by atoms with Gasteiger partial charge in [-0.15, -0.1) is 24.8 Å². The Bertz CT molecular complexity index is 236. The van der Waals surface area contributed by atoms with E-state index in [1.807, 2.05) is 6.92 Å². The minimum absolute atomic E-state index is 0. The van der Waals surface area contributed by atoms with E-state index >= 15 is 0 Å². The molecule has 0 saturated carbocycles. The molecule has 0 unspecified atom stereocenters. The van der Waals surface area contributed by atoms with E-state index in [1.165, 1.54) is 12.2 Å². The number of imidazole rings is 1. The van der Waals surface area contributed by atoms with Gasteiger partial charge in [-0.2, -0.15) is 0 Å². The van der Waals surface area contributed by atoms with E-state index in [0.29, 0.717) is 0 Å². The molecule has 1 aromatic heterocycles. The third-order valence-electron chi connectivity index (χ3n) is 2.02. The van der Waals surface area contributed by atoms with Crippen LogP contribution in [0.25, 0.3) is 0 Å². The van der Waals surface area contributed by atoms with Crippen molar-refractivity contribution in [2.45, 2.75) is 26.4 Å². The van der Waals surface area contributed by atoms with Crippen LogP contribution in [0.2, 0.25) is 0 Å². The monoisotopic (exact) mass is 223 g/mol. The molecule has 3 nitrogen and oxygen atoms in total. The first-order valence-electron chi connectivity index (χ1n) is 4.09. The zero-order valence-electron chi connectivity index (χ0n) is 7.62. The van der Waals surface area contributed by atoms with E-state index in [9.17, 15) is 0 Å². The summed E-state index contributed by atoms with van der Waals surface area (Å²) in [5, 5.41) is 3.33. The van der Waals surface area contributed by atoms with Crippen molar-refractivity contribution in [3.05, 3.63) is 17.7 Å². The molecule has 13 heavy (non-hydrogen) atoms. The van der Waals surface area contributed by atoms with E-state index in [2.05, 4.69) is 21.1 Å². The second-order valence-corrected chi connectivity index (χ2v) is 3.02. The molecule has 0 saturated heterocycles. The van der Waals surface area contributed by atoms with Crippen molar-refractivity contribution in [3.63, 3.8) is 0 Å². The highest BCUT2D eigenvalue weighted by Crippen LogP contribution is 2.05. The second-order valence-electron chi connectivity index (χ2n) is 3.02. The molecule has 2 heterocycles. The van der Waals surface area contributed by atoms with Crippen LogP contribution >= 0.6 is 24.8 Å². The number of nitrogens with one attached hydrogen (secondary N) is 1. The molecule has 76 valence electrons. The second kappa shape index (κ2) is 5.47. The van der Waals surface area contributed by atoms with Gasteiger partial charge in [-0.3, -0.25) is 0 Å². The largest absolute Gasteiger partial charge is 0.334 e. The summed E-state index contributed by atoms with van der Waals surface area (Å²) in [6.07, 6.45) is 3.34. The first kappa shape index (κ1) is 12.8. The maximum absolute atomic E-state index is 4.41. The smallest absolute Gasteiger partial charge is 0.122 e. The standard InChI is InChI=1S/C8H13N3.2ClH/c1-7-6-11-4-2-3-9-5-8(11)10-7;;/h6,9H,2-5H2,1H3;2*1H. The van der Waals surface area contributed by atoms with Crippen molar-refractivity contribution in [2.24, 2.45) is 0 Å². The number of nitrogens with zero attached hydrogens (tertiary/aromatic N) is 2. The molecule has 0 fully saturated rings. The maximum atomic E-state index is 4.41. The van der Waals surface area contributed by atoms with Crippen molar-refractivity contribution in [2.75, 3.05) is 6.54 Å². The normalized spacial score (nSPS) is 14.8. The lowest BCUT2D eigenvalue weighted by molar-refractivity contribution is 0.644. The lowest BCUT2D eigenvalue weighted by atomic mass is 10.4. The van der Waals surface area contributed by atoms with Gasteiger partial charge in [-0.25, -0.2) is 4.98 Å². The lowest BCUT2D eigenvalue weighted by Crippen LogP contribution is -2.12. The average molecular weight is 224 g/mol. The predicted octanol–water partition coefficient (Wildman–Crippen LogP) is 1.53. The van der Waals surface area contributed by atoms with E-state index in [1.54, 1.807) is 0 Å². The highest BCUT2D eigenvalue weighted by atomic mass is 35.5. The van der Waals surface area contributed by atoms with Crippen molar-refractivity contribution >= 4 is 24.8 Å². The fraction of sp³-hybridized carbons (Fsp3) is 0.625. The van der Waals surface area contributed by atoms with Gasteiger partial charge in [0.15, 0.2) is 0 Å². The topological polar surface area (TPSA) is 29.9 Å². The molecular weight excluding hydrogens is 209 g/mol. The van der Waals surface area contributed by atoms with Crippen LogP contribution in [0.1, 0.15) is 17.9 Å². The average Bonchev–Trinajstić information content (AvgIpc) is 2.17. The number of fused-ring (bicyclic) bond motifs is 1. The molecular formula is C8H15Cl2N3. The van der Waals surface area contributed by atoms with E-state index in [4.69, 9.17) is 0 Å². The van der Waals surface area contributed by atoms with Gasteiger partial charge in [-0.1, -0.05) is 0 Å². The van der Waals surface area contributed by atoms with Crippen molar-refractivity contribution in [3.8, 4) is 0 Å². The molecule has 0 bridgehead atoms. The molecule has 0 radical (unpaired) electrons. The Morgan fingerprint density at radius 2 is 2.23 bits per heavy atom. The minimum atomic E-state index is 0. The van der Waals surface area contributed by atoms with Crippen LogP contribution in [0, 0.1) is 6.92 Å². The molecule has 5 heteroatoms. The first-order chi connectivity index (χ1) is 5.36. The lowest BCUT2D eigenvalue weighted by Gasteiger charge is -1.98. The molecule has 0 aromatic carbocycles. The zero-order chi connectivity index (χ0) is 7.68. The third-order valence-corrected chi connectivity index (χ3v) is 2.02. The highest BCUT2D eigenvalue weighted by molar-refractivity contribution is 5.85. The first-order valence-corrected chi connectivity index (χ1v) is 4.09. The molecule has 0 atom stereocenters. The molecule has 0 amide bonds. The number of hydrogen-bond acceptors (Lipinski definition) is 2. The maximum Gasteiger partial charge on any atom is 0.122 e. The van der Waals surface area contributed by atoms with Gasteiger partial charge in [-0.05, 0) is 19.9 Å². The summed E-state index contributed by atoms with van der Waals surface area (Å²) in [5.41, 5.74) is 1.13. The summed E-state index contributed by atoms with van der Waals surface area (Å²) in [5.74, 6) is 1.18. The molecule has 1 aliphatic rings. The fourth-order valence-electron chi connectivity index (χ4n) is 1.51. The molecule has 1 aliphatic heterocycles. The summed E-state index contributed by atoms with van der Waals surface area (Å²) in [6, 6.07) is 0. The molecule has 0 spiro atoms. The summed E-state index contributed by atoms with van der Waals surface area (Å²) in [6.45, 7) is 5.20. The van der Waals surface area contributed by atoms with Crippen LogP contribution in [-0.4, -0.2) is 16.1 Å². The van der Waals surface area contributed by atoms with Crippen LogP contribution in [0.3, 0.4) is 0 Å². The third kappa shape index (κ3) is 2.86. The van der Waals surface area contributed by atoms with Crippen LogP contribution in [0.4, 0.5) is 0 Å². The highest BCUT2D eigenvalue weighted by Gasteiger charge is 2.07. The predicted molar refractivity (Wildman–Crippen MR) is 57.8 cm³/mol. The Kier molecular flexibility index (Phi) is 5.37. The number of rotatable bonds is 0. The van der Waals surface area contributed by atoms with Crippen molar-refractivity contribution < 1.29 is 0 Å². The Morgan fingerprint density at radius 3 is 3.00 bits per heavy atom. The number of aromatic nitrogens is 2. The van der Waals surface area contributed by atoms with E-state index in [0.717, 1.165) is 25.3 Å². The van der Waals surface area contributed by atoms with E-state index in [-0.39, 0.29) is 24.8 Å². The van der Waals surface area contributed by atoms with Crippen molar-refractivity contribution in [1.29, 1.82) is 0 Å². The number of hydrogen-bond donors (Lipinski definition) is 1. The van der Waals surface area contributed by atoms with Gasteiger partial charge in [0.2, 0.25) is 0 Å². The summed E-state index contributed by atoms with van der Waals surface area (Å²) < 4.78 is 2.25. The van der Waals surface area contributed by atoms with Gasteiger partial charge in [0.05, 0.1) is 12.2 Å². The Labute approximate surface area is 90.7 Å². The van der Waals surface area contributed by atoms with Gasteiger partial charge in [0, 0.05) is 12.7 Å². The van der Waals surface area contributed by atoms with Crippen LogP contribution in [0.15, 0.2) is 6.20 Å². The van der Waals surface area contributed by atoms with Gasteiger partial charge >= 0.3 is 0 Å². The minimum Gasteiger partial charge on any atom is -0.334 e. The zero-order valence-corrected chi connectivity index (χ0v) is 9.25.